The summed E-state index contributed by atoms with van der Waals surface area (Å²) in [4.78, 5) is 46.7. The lowest BCUT2D eigenvalue weighted by molar-refractivity contribution is -0.152. The first kappa shape index (κ1) is 24.8. The Bertz CT molecular complexity index is 762. The van der Waals surface area contributed by atoms with Gasteiger partial charge in [0.25, 0.3) is 0 Å². The monoisotopic (exact) mass is 424 g/mol. The van der Waals surface area contributed by atoms with Crippen LogP contribution in [0.25, 0.3) is 0 Å². The van der Waals surface area contributed by atoms with E-state index in [9.17, 15) is 23.6 Å². The van der Waals surface area contributed by atoms with Gasteiger partial charge in [0.05, 0.1) is 0 Å². The van der Waals surface area contributed by atoms with Crippen LogP contribution in [0.3, 0.4) is 0 Å². The Morgan fingerprint density at radius 1 is 1.17 bits per heavy atom. The molecule has 2 N–H and O–H groups in total. The van der Waals surface area contributed by atoms with Gasteiger partial charge in [0, 0.05) is 31.7 Å². The smallest absolute Gasteiger partial charge is 0.328 e. The molecule has 1 aromatic rings. The second-order valence-corrected chi connectivity index (χ2v) is 6.68. The summed E-state index contributed by atoms with van der Waals surface area (Å²) in [7, 11) is 3.79. The fraction of sp³-hybridized carbons (Fsp3) is 0.400. The number of carboxylic acids is 2. The molecule has 164 valence electrons. The molecule has 1 amide bonds. The van der Waals surface area contributed by atoms with Crippen LogP contribution in [0.4, 0.5) is 4.39 Å². The van der Waals surface area contributed by atoms with Gasteiger partial charge in [0.2, 0.25) is 5.91 Å². The van der Waals surface area contributed by atoms with Crippen LogP contribution in [0.1, 0.15) is 18.4 Å². The molecule has 10 heteroatoms. The molecule has 1 aromatic carbocycles. The highest BCUT2D eigenvalue weighted by Crippen LogP contribution is 2.22. The van der Waals surface area contributed by atoms with Crippen molar-refractivity contribution in [2.75, 3.05) is 27.2 Å². The molecule has 0 bridgehead atoms. The summed E-state index contributed by atoms with van der Waals surface area (Å²) in [5.74, 6) is -3.27. The Labute approximate surface area is 173 Å². The van der Waals surface area contributed by atoms with Crippen molar-refractivity contribution in [2.45, 2.75) is 25.4 Å². The maximum absolute atomic E-state index is 12.9. The molecule has 1 aliphatic rings. The van der Waals surface area contributed by atoms with E-state index in [0.29, 0.717) is 44.7 Å². The molecular formula is C20H25FN2O7. The Hall–Kier alpha value is -3.27. The van der Waals surface area contributed by atoms with Crippen LogP contribution >= 0.6 is 0 Å². The Morgan fingerprint density at radius 2 is 1.73 bits per heavy atom. The number of ether oxygens (including phenoxy) is 1. The average Bonchev–Trinajstić information content (AvgIpc) is 3.02. The summed E-state index contributed by atoms with van der Waals surface area (Å²) in [6, 6.07) is 5.39. The number of benzene rings is 1. The van der Waals surface area contributed by atoms with E-state index in [2.05, 4.69) is 0 Å². The zero-order chi connectivity index (χ0) is 22.7. The second-order valence-electron chi connectivity index (χ2n) is 6.68. The number of likely N-dealkylation sites (N-methyl/N-ethyl adjacent to an activating group) is 1. The first-order chi connectivity index (χ1) is 14.1. The van der Waals surface area contributed by atoms with Crippen molar-refractivity contribution in [3.63, 3.8) is 0 Å². The van der Waals surface area contributed by atoms with Crippen molar-refractivity contribution in [3.05, 3.63) is 47.8 Å². The number of hydrogen-bond donors (Lipinski definition) is 2. The van der Waals surface area contributed by atoms with E-state index in [1.807, 2.05) is 19.0 Å². The number of aliphatic carboxylic acids is 2. The van der Waals surface area contributed by atoms with Gasteiger partial charge >= 0.3 is 17.9 Å². The number of esters is 1. The molecule has 0 aromatic heterocycles. The van der Waals surface area contributed by atoms with Crippen LogP contribution in [0.15, 0.2) is 36.4 Å². The summed E-state index contributed by atoms with van der Waals surface area (Å²) in [5, 5.41) is 15.6. The van der Waals surface area contributed by atoms with Crippen LogP contribution < -0.4 is 0 Å². The normalized spacial score (nSPS) is 15.8. The van der Waals surface area contributed by atoms with Crippen LogP contribution in [0.5, 0.6) is 0 Å². The van der Waals surface area contributed by atoms with Crippen molar-refractivity contribution in [2.24, 2.45) is 0 Å². The largest absolute Gasteiger partial charge is 0.478 e. The molecule has 30 heavy (non-hydrogen) atoms. The first-order valence-electron chi connectivity index (χ1n) is 9.09. The van der Waals surface area contributed by atoms with Gasteiger partial charge in [-0.15, -0.1) is 0 Å². The fourth-order valence-corrected chi connectivity index (χ4v) is 2.53. The number of carbonyl (C=O) groups excluding carboxylic acids is 2. The van der Waals surface area contributed by atoms with Crippen molar-refractivity contribution in [1.82, 2.24) is 9.80 Å². The van der Waals surface area contributed by atoms with Gasteiger partial charge in [0.15, 0.2) is 0 Å². The quantitative estimate of drug-likeness (QED) is 0.470. The van der Waals surface area contributed by atoms with Crippen LogP contribution in [-0.2, 0) is 30.5 Å². The predicted octanol–water partition coefficient (Wildman–Crippen LogP) is 1.13. The number of carbonyl (C=O) groups is 4. The minimum atomic E-state index is -1.26. The van der Waals surface area contributed by atoms with Crippen molar-refractivity contribution in [1.29, 1.82) is 0 Å². The average molecular weight is 424 g/mol. The third-order valence-corrected chi connectivity index (χ3v) is 4.02. The lowest BCUT2D eigenvalue weighted by Gasteiger charge is -2.23. The van der Waals surface area contributed by atoms with Gasteiger partial charge in [-0.05, 0) is 38.2 Å². The summed E-state index contributed by atoms with van der Waals surface area (Å²) < 4.78 is 18.2. The van der Waals surface area contributed by atoms with E-state index in [4.69, 9.17) is 14.9 Å². The number of halogens is 1. The molecule has 1 atom stereocenters. The molecule has 1 heterocycles. The lowest BCUT2D eigenvalue weighted by Crippen LogP contribution is -2.39. The Morgan fingerprint density at radius 3 is 2.23 bits per heavy atom. The van der Waals surface area contributed by atoms with Crippen LogP contribution in [-0.4, -0.2) is 77.1 Å². The van der Waals surface area contributed by atoms with Crippen LogP contribution in [0.2, 0.25) is 0 Å². The predicted molar refractivity (Wildman–Crippen MR) is 104 cm³/mol. The zero-order valence-corrected chi connectivity index (χ0v) is 16.8. The van der Waals surface area contributed by atoms with E-state index < -0.39 is 18.0 Å². The zero-order valence-electron chi connectivity index (χ0n) is 16.8. The molecule has 0 saturated carbocycles. The number of likely N-dealkylation sites (tertiary alicyclic amines) is 1. The Kier molecular flexibility index (Phi) is 10.2. The molecule has 0 aliphatic carbocycles. The van der Waals surface area contributed by atoms with Gasteiger partial charge in [-0.25, -0.2) is 18.8 Å². The third kappa shape index (κ3) is 9.28. The van der Waals surface area contributed by atoms with E-state index in [1.54, 1.807) is 12.1 Å². The Balaban J connectivity index is 0.000000479. The van der Waals surface area contributed by atoms with E-state index in [1.165, 1.54) is 17.0 Å². The molecule has 0 unspecified atom stereocenters. The number of rotatable bonds is 8. The summed E-state index contributed by atoms with van der Waals surface area (Å²) >= 11 is 0. The van der Waals surface area contributed by atoms with E-state index >= 15 is 0 Å². The molecule has 2 rings (SSSR count). The van der Waals surface area contributed by atoms with Crippen molar-refractivity contribution >= 4 is 23.8 Å². The SMILES string of the molecule is CN(C)CCOC(=O)[C@@H]1CCC(=O)N1Cc1ccc(F)cc1.O=C(O)/C=C/C(=O)O. The van der Waals surface area contributed by atoms with Gasteiger partial charge in [-0.2, -0.15) is 0 Å². The molecular weight excluding hydrogens is 399 g/mol. The van der Waals surface area contributed by atoms with Crippen LogP contribution in [0, 0.1) is 5.82 Å². The topological polar surface area (TPSA) is 124 Å². The number of hydrogen-bond acceptors (Lipinski definition) is 6. The lowest BCUT2D eigenvalue weighted by atomic mass is 10.2. The van der Waals surface area contributed by atoms with Gasteiger partial charge < -0.3 is 24.7 Å². The van der Waals surface area contributed by atoms with Gasteiger partial charge in [0.1, 0.15) is 18.5 Å². The molecule has 1 saturated heterocycles. The van der Waals surface area contributed by atoms with E-state index in [0.717, 1.165) is 5.56 Å². The maximum Gasteiger partial charge on any atom is 0.328 e. The summed E-state index contributed by atoms with van der Waals surface area (Å²) in [6.45, 7) is 1.25. The standard InChI is InChI=1S/C16H21FN2O3.C4H4O4/c1-18(2)9-10-22-16(21)14-7-8-15(20)19(14)11-12-3-5-13(17)6-4-12;5-3(6)1-2-4(7)8/h3-6,14H,7-11H2,1-2H3;1-2H,(H,5,6)(H,7,8)/b;2-1+/t14-;/m0./s1. The molecule has 1 fully saturated rings. The second kappa shape index (κ2) is 12.3. The number of amides is 1. The fourth-order valence-electron chi connectivity index (χ4n) is 2.53. The van der Waals surface area contributed by atoms with E-state index in [-0.39, 0.29) is 17.7 Å². The van der Waals surface area contributed by atoms with Crippen molar-refractivity contribution in [3.8, 4) is 0 Å². The molecule has 1 aliphatic heterocycles. The summed E-state index contributed by atoms with van der Waals surface area (Å²) in [6.07, 6.45) is 1.93. The highest BCUT2D eigenvalue weighted by atomic mass is 19.1. The number of carboxylic acid groups (broad SMARTS) is 2. The molecule has 9 nitrogen and oxygen atoms in total. The summed E-state index contributed by atoms with van der Waals surface area (Å²) in [5.41, 5.74) is 0.794. The van der Waals surface area contributed by atoms with Gasteiger partial charge in [-0.1, -0.05) is 12.1 Å². The third-order valence-electron chi connectivity index (χ3n) is 4.02. The van der Waals surface area contributed by atoms with Crippen molar-refractivity contribution < 1.29 is 38.5 Å². The maximum atomic E-state index is 12.9. The highest BCUT2D eigenvalue weighted by molar-refractivity contribution is 5.89. The van der Waals surface area contributed by atoms with Gasteiger partial charge in [-0.3, -0.25) is 4.79 Å². The minimum absolute atomic E-state index is 0.0705. The number of nitrogens with zero attached hydrogens (tertiary/aromatic N) is 2. The highest BCUT2D eigenvalue weighted by Gasteiger charge is 2.37. The minimum Gasteiger partial charge on any atom is -0.478 e. The molecule has 0 spiro atoms. The molecule has 0 radical (unpaired) electrons. The first-order valence-corrected chi connectivity index (χ1v) is 9.09.